The summed E-state index contributed by atoms with van der Waals surface area (Å²) in [6.07, 6.45) is 0.331. The van der Waals surface area contributed by atoms with E-state index in [2.05, 4.69) is 19.2 Å². The average molecular weight is 380 g/mol. The van der Waals surface area contributed by atoms with Crippen molar-refractivity contribution in [1.82, 2.24) is 0 Å². The Bertz CT molecular complexity index is 826. The molecule has 1 saturated heterocycles. The first-order valence-corrected chi connectivity index (χ1v) is 9.81. The van der Waals surface area contributed by atoms with E-state index in [1.807, 2.05) is 62.4 Å². The van der Waals surface area contributed by atoms with Gasteiger partial charge in [-0.15, -0.1) is 0 Å². The maximum atomic E-state index is 12.6. The summed E-state index contributed by atoms with van der Waals surface area (Å²) in [7, 11) is 0. The summed E-state index contributed by atoms with van der Waals surface area (Å²) in [4.78, 5) is 26.8. The van der Waals surface area contributed by atoms with Gasteiger partial charge in [-0.1, -0.05) is 26.0 Å². The van der Waals surface area contributed by atoms with E-state index in [1.54, 1.807) is 4.90 Å². The zero-order valence-electron chi connectivity index (χ0n) is 16.9. The van der Waals surface area contributed by atoms with Gasteiger partial charge in [0, 0.05) is 24.3 Å². The lowest BCUT2D eigenvalue weighted by molar-refractivity contribution is -0.122. The van der Waals surface area contributed by atoms with E-state index in [9.17, 15) is 9.59 Å². The van der Waals surface area contributed by atoms with Crippen molar-refractivity contribution in [1.29, 1.82) is 0 Å². The number of carbonyl (C=O) groups excluding carboxylic acids is 2. The van der Waals surface area contributed by atoms with Gasteiger partial charge in [-0.3, -0.25) is 9.59 Å². The molecular formula is C23H28N2O3. The van der Waals surface area contributed by atoms with E-state index in [-0.39, 0.29) is 30.3 Å². The molecule has 2 aromatic carbocycles. The van der Waals surface area contributed by atoms with Gasteiger partial charge in [0.25, 0.3) is 0 Å². The quantitative estimate of drug-likeness (QED) is 0.797. The first-order chi connectivity index (χ1) is 13.3. The minimum Gasteiger partial charge on any atom is -0.491 e. The van der Waals surface area contributed by atoms with Gasteiger partial charge in [0.2, 0.25) is 11.8 Å². The van der Waals surface area contributed by atoms with Crippen molar-refractivity contribution >= 4 is 23.2 Å². The van der Waals surface area contributed by atoms with Crippen molar-refractivity contribution in [3.05, 3.63) is 54.1 Å². The number of anilines is 2. The van der Waals surface area contributed by atoms with Crippen LogP contribution in [-0.4, -0.2) is 24.5 Å². The van der Waals surface area contributed by atoms with Crippen LogP contribution in [0.2, 0.25) is 0 Å². The van der Waals surface area contributed by atoms with Gasteiger partial charge in [0.05, 0.1) is 12.0 Å². The summed E-state index contributed by atoms with van der Waals surface area (Å²) in [5.74, 6) is 0.702. The SMILES string of the molecule is CC(C)Oc1ccc(NC(=O)C2CC(=O)N(c3ccc(C(C)C)cc3)C2)cc1. The van der Waals surface area contributed by atoms with Crippen LogP contribution >= 0.6 is 0 Å². The highest BCUT2D eigenvalue weighted by Gasteiger charge is 2.35. The molecule has 1 unspecified atom stereocenters. The second kappa shape index (κ2) is 8.46. The molecule has 148 valence electrons. The van der Waals surface area contributed by atoms with Crippen LogP contribution < -0.4 is 15.0 Å². The fourth-order valence-corrected chi connectivity index (χ4v) is 3.31. The van der Waals surface area contributed by atoms with Gasteiger partial charge < -0.3 is 15.0 Å². The molecule has 0 aromatic heterocycles. The Labute approximate surface area is 166 Å². The van der Waals surface area contributed by atoms with Crippen LogP contribution in [0.25, 0.3) is 0 Å². The second-order valence-corrected chi connectivity index (χ2v) is 7.83. The topological polar surface area (TPSA) is 58.6 Å². The van der Waals surface area contributed by atoms with E-state index >= 15 is 0 Å². The molecule has 1 aliphatic rings. The average Bonchev–Trinajstić information content (AvgIpc) is 3.05. The van der Waals surface area contributed by atoms with Crippen LogP contribution in [-0.2, 0) is 9.59 Å². The lowest BCUT2D eigenvalue weighted by atomic mass is 10.0. The molecule has 1 heterocycles. The molecule has 1 fully saturated rings. The minimum atomic E-state index is -0.358. The number of rotatable bonds is 6. The predicted molar refractivity (Wildman–Crippen MR) is 112 cm³/mol. The number of ether oxygens (including phenoxy) is 1. The molecule has 1 aliphatic heterocycles. The molecule has 0 aliphatic carbocycles. The Kier molecular flexibility index (Phi) is 6.02. The van der Waals surface area contributed by atoms with Crippen molar-refractivity contribution < 1.29 is 14.3 Å². The van der Waals surface area contributed by atoms with Crippen LogP contribution in [0.3, 0.4) is 0 Å². The van der Waals surface area contributed by atoms with E-state index in [0.717, 1.165) is 11.4 Å². The lowest BCUT2D eigenvalue weighted by Crippen LogP contribution is -2.28. The molecule has 2 amide bonds. The maximum Gasteiger partial charge on any atom is 0.229 e. The number of amides is 2. The molecule has 5 heteroatoms. The lowest BCUT2D eigenvalue weighted by Gasteiger charge is -2.18. The molecule has 1 atom stereocenters. The first kappa shape index (κ1) is 19.9. The summed E-state index contributed by atoms with van der Waals surface area (Å²) in [5, 5.41) is 2.91. The van der Waals surface area contributed by atoms with Crippen molar-refractivity contribution in [2.24, 2.45) is 5.92 Å². The summed E-state index contributed by atoms with van der Waals surface area (Å²) in [6, 6.07) is 15.3. The Balaban J connectivity index is 1.61. The molecule has 0 bridgehead atoms. The van der Waals surface area contributed by atoms with Crippen molar-refractivity contribution in [3.63, 3.8) is 0 Å². The zero-order chi connectivity index (χ0) is 20.3. The highest BCUT2D eigenvalue weighted by Crippen LogP contribution is 2.28. The van der Waals surface area contributed by atoms with Crippen molar-refractivity contribution in [2.75, 3.05) is 16.8 Å². The fourth-order valence-electron chi connectivity index (χ4n) is 3.31. The smallest absolute Gasteiger partial charge is 0.229 e. The molecule has 1 N–H and O–H groups in total. The van der Waals surface area contributed by atoms with Gasteiger partial charge >= 0.3 is 0 Å². The van der Waals surface area contributed by atoms with E-state index in [1.165, 1.54) is 5.56 Å². The van der Waals surface area contributed by atoms with Gasteiger partial charge in [-0.25, -0.2) is 0 Å². The summed E-state index contributed by atoms with van der Waals surface area (Å²) in [6.45, 7) is 8.61. The Morgan fingerprint density at radius 1 is 1.04 bits per heavy atom. The van der Waals surface area contributed by atoms with Gasteiger partial charge in [0.1, 0.15) is 5.75 Å². The van der Waals surface area contributed by atoms with Crippen molar-refractivity contribution in [2.45, 2.75) is 46.1 Å². The standard InChI is InChI=1S/C23H28N2O3/c1-15(2)17-5-9-20(10-6-17)25-14-18(13-22(25)26)23(27)24-19-7-11-21(12-8-19)28-16(3)4/h5-12,15-16,18H,13-14H2,1-4H3,(H,24,27). The molecule has 0 saturated carbocycles. The summed E-state index contributed by atoms with van der Waals surface area (Å²) in [5.41, 5.74) is 2.78. The maximum absolute atomic E-state index is 12.6. The largest absolute Gasteiger partial charge is 0.491 e. The van der Waals surface area contributed by atoms with Crippen LogP contribution in [0.5, 0.6) is 5.75 Å². The van der Waals surface area contributed by atoms with E-state index in [0.29, 0.717) is 18.2 Å². The third kappa shape index (κ3) is 4.71. The third-order valence-electron chi connectivity index (χ3n) is 4.86. The number of hydrogen-bond donors (Lipinski definition) is 1. The van der Waals surface area contributed by atoms with Crippen LogP contribution in [0.1, 0.15) is 45.6 Å². The van der Waals surface area contributed by atoms with Crippen LogP contribution in [0, 0.1) is 5.92 Å². The molecule has 0 spiro atoms. The normalized spacial score (nSPS) is 16.7. The Hall–Kier alpha value is -2.82. The van der Waals surface area contributed by atoms with E-state index in [4.69, 9.17) is 4.74 Å². The van der Waals surface area contributed by atoms with E-state index < -0.39 is 0 Å². The minimum absolute atomic E-state index is 0.0156. The Morgan fingerprint density at radius 2 is 1.68 bits per heavy atom. The number of nitrogens with one attached hydrogen (secondary N) is 1. The molecular weight excluding hydrogens is 352 g/mol. The van der Waals surface area contributed by atoms with Gasteiger partial charge in [0.15, 0.2) is 0 Å². The number of nitrogens with zero attached hydrogens (tertiary/aromatic N) is 1. The second-order valence-electron chi connectivity index (χ2n) is 7.83. The van der Waals surface area contributed by atoms with Gasteiger partial charge in [-0.2, -0.15) is 0 Å². The molecule has 28 heavy (non-hydrogen) atoms. The highest BCUT2D eigenvalue weighted by molar-refractivity contribution is 6.03. The number of hydrogen-bond acceptors (Lipinski definition) is 3. The monoisotopic (exact) mass is 380 g/mol. The first-order valence-electron chi connectivity index (χ1n) is 9.81. The number of carbonyl (C=O) groups is 2. The number of benzene rings is 2. The third-order valence-corrected chi connectivity index (χ3v) is 4.86. The molecule has 3 rings (SSSR count). The van der Waals surface area contributed by atoms with Crippen LogP contribution in [0.4, 0.5) is 11.4 Å². The molecule has 0 radical (unpaired) electrons. The predicted octanol–water partition coefficient (Wildman–Crippen LogP) is 4.59. The van der Waals surface area contributed by atoms with Crippen LogP contribution in [0.15, 0.2) is 48.5 Å². The zero-order valence-corrected chi connectivity index (χ0v) is 16.9. The van der Waals surface area contributed by atoms with Crippen molar-refractivity contribution in [3.8, 4) is 5.75 Å². The molecule has 5 nitrogen and oxygen atoms in total. The Morgan fingerprint density at radius 3 is 2.25 bits per heavy atom. The summed E-state index contributed by atoms with van der Waals surface area (Å²) >= 11 is 0. The van der Waals surface area contributed by atoms with Gasteiger partial charge in [-0.05, 0) is 61.7 Å². The fraction of sp³-hybridized carbons (Fsp3) is 0.391. The molecule has 2 aromatic rings. The summed E-state index contributed by atoms with van der Waals surface area (Å²) < 4.78 is 5.61. The highest BCUT2D eigenvalue weighted by atomic mass is 16.5.